The number of hydrogen-bond donors (Lipinski definition) is 0. The Morgan fingerprint density at radius 2 is 1.29 bits per heavy atom. The second-order valence-corrected chi connectivity index (χ2v) is 12.7. The zero-order chi connectivity index (χ0) is 17.0. The summed E-state index contributed by atoms with van der Waals surface area (Å²) in [7, 11) is -1.39. The first kappa shape index (κ1) is 18.7. The van der Waals surface area contributed by atoms with Crippen LogP contribution in [0.25, 0.3) is 0 Å². The largest absolute Gasteiger partial charge is 0.304 e. The molecule has 0 bridgehead atoms. The molecule has 134 valence electrons. The van der Waals surface area contributed by atoms with Gasteiger partial charge in [0.05, 0.1) is 5.30 Å². The normalized spacial score (nSPS) is 21.3. The Kier molecular flexibility index (Phi) is 6.67. The average molecular weight is 365 g/mol. The lowest BCUT2D eigenvalue weighted by molar-refractivity contribution is 0.483. The summed E-state index contributed by atoms with van der Waals surface area (Å²) >= 11 is 6.75. The molecule has 0 N–H and O–H groups in total. The SMILES string of the molecule is CC(C)c1ccc([P+]([CH-]Cl)(C2CCCCC2)C2CCCCC2)cc1. The van der Waals surface area contributed by atoms with Crippen LogP contribution in [0, 0.1) is 5.62 Å². The van der Waals surface area contributed by atoms with Gasteiger partial charge >= 0.3 is 0 Å². The van der Waals surface area contributed by atoms with Gasteiger partial charge in [0.25, 0.3) is 0 Å². The van der Waals surface area contributed by atoms with Crippen molar-refractivity contribution in [3.63, 3.8) is 0 Å². The molecule has 0 spiro atoms. The summed E-state index contributed by atoms with van der Waals surface area (Å²) in [5, 5.41) is 1.60. The Balaban J connectivity index is 1.98. The van der Waals surface area contributed by atoms with Crippen molar-refractivity contribution < 1.29 is 0 Å². The molecule has 2 aliphatic carbocycles. The molecule has 2 fully saturated rings. The summed E-state index contributed by atoms with van der Waals surface area (Å²) in [5.41, 5.74) is 5.36. The molecule has 0 saturated heterocycles. The molecule has 0 aromatic heterocycles. The van der Waals surface area contributed by atoms with E-state index in [1.165, 1.54) is 69.8 Å². The zero-order valence-corrected chi connectivity index (χ0v) is 17.2. The van der Waals surface area contributed by atoms with Crippen LogP contribution >= 0.6 is 18.9 Å². The van der Waals surface area contributed by atoms with E-state index in [-0.39, 0.29) is 0 Å². The van der Waals surface area contributed by atoms with E-state index in [0.29, 0.717) is 5.92 Å². The minimum absolute atomic E-state index is 0.608. The van der Waals surface area contributed by atoms with Crippen molar-refractivity contribution in [1.82, 2.24) is 0 Å². The standard InChI is InChI=1S/C22H34ClP/c1-18(2)19-13-15-22(16-14-19)24(17-23,20-9-5-3-6-10-20)21-11-7-4-8-12-21/h13-18,20-21H,3-12H2,1-2H3. The van der Waals surface area contributed by atoms with Crippen molar-refractivity contribution in [1.29, 1.82) is 0 Å². The molecule has 0 heterocycles. The van der Waals surface area contributed by atoms with Crippen molar-refractivity contribution in [2.75, 3.05) is 0 Å². The Hall–Kier alpha value is -0.0600. The van der Waals surface area contributed by atoms with E-state index in [2.05, 4.69) is 43.7 Å². The molecule has 1 aromatic rings. The summed E-state index contributed by atoms with van der Waals surface area (Å²) in [6, 6.07) is 9.65. The quantitative estimate of drug-likeness (QED) is 0.375. The third kappa shape index (κ3) is 3.71. The first-order valence-corrected chi connectivity index (χ1v) is 12.5. The van der Waals surface area contributed by atoms with Crippen molar-refractivity contribution in [3.8, 4) is 0 Å². The fraction of sp³-hybridized carbons (Fsp3) is 0.682. The molecule has 0 amide bonds. The van der Waals surface area contributed by atoms with Gasteiger partial charge in [0.1, 0.15) is 0 Å². The fourth-order valence-electron chi connectivity index (χ4n) is 5.07. The predicted molar refractivity (Wildman–Crippen MR) is 111 cm³/mol. The molecule has 0 radical (unpaired) electrons. The smallest absolute Gasteiger partial charge is 0.0664 e. The lowest BCUT2D eigenvalue weighted by Crippen LogP contribution is -2.34. The Labute approximate surface area is 155 Å². The van der Waals surface area contributed by atoms with Gasteiger partial charge in [0.2, 0.25) is 0 Å². The first-order chi connectivity index (χ1) is 11.7. The molecule has 1 aromatic carbocycles. The maximum atomic E-state index is 6.75. The third-order valence-corrected chi connectivity index (χ3v) is 12.5. The van der Waals surface area contributed by atoms with Gasteiger partial charge in [-0.25, -0.2) is 0 Å². The predicted octanol–water partition coefficient (Wildman–Crippen LogP) is 7.48. The molecule has 0 aliphatic heterocycles. The number of hydrogen-bond acceptors (Lipinski definition) is 0. The second-order valence-electron chi connectivity index (χ2n) is 8.26. The van der Waals surface area contributed by atoms with Crippen LogP contribution in [0.4, 0.5) is 0 Å². The minimum atomic E-state index is -1.39. The molecule has 2 heteroatoms. The summed E-state index contributed by atoms with van der Waals surface area (Å²) in [4.78, 5) is 0. The Morgan fingerprint density at radius 1 is 0.833 bits per heavy atom. The lowest BCUT2D eigenvalue weighted by Gasteiger charge is -2.48. The second kappa shape index (κ2) is 8.55. The molecule has 0 atom stereocenters. The van der Waals surface area contributed by atoms with Gasteiger partial charge in [0, 0.05) is 11.3 Å². The van der Waals surface area contributed by atoms with E-state index in [0.717, 1.165) is 11.3 Å². The van der Waals surface area contributed by atoms with Crippen molar-refractivity contribution >= 4 is 24.2 Å². The van der Waals surface area contributed by atoms with E-state index in [4.69, 9.17) is 11.6 Å². The van der Waals surface area contributed by atoms with Gasteiger partial charge in [-0.15, -0.1) is 0 Å². The van der Waals surface area contributed by atoms with Gasteiger partial charge in [-0.3, -0.25) is 0 Å². The molecular formula is C22H34ClP. The molecule has 2 aliphatic rings. The van der Waals surface area contributed by atoms with E-state index in [1.54, 1.807) is 5.30 Å². The molecule has 0 unspecified atom stereocenters. The van der Waals surface area contributed by atoms with Crippen LogP contribution in [0.15, 0.2) is 24.3 Å². The highest BCUT2D eigenvalue weighted by Gasteiger charge is 2.47. The molecule has 2 saturated carbocycles. The Bertz CT molecular complexity index is 477. The van der Waals surface area contributed by atoms with Gasteiger partial charge in [-0.05, 0) is 75.0 Å². The number of benzene rings is 1. The summed E-state index contributed by atoms with van der Waals surface area (Å²) in [6.07, 6.45) is 14.1. The van der Waals surface area contributed by atoms with E-state index >= 15 is 0 Å². The average Bonchev–Trinajstić information content (AvgIpc) is 2.65. The van der Waals surface area contributed by atoms with Crippen molar-refractivity contribution in [2.45, 2.75) is 95.3 Å². The molecule has 24 heavy (non-hydrogen) atoms. The van der Waals surface area contributed by atoms with Crippen LogP contribution in [-0.2, 0) is 0 Å². The topological polar surface area (TPSA) is 0 Å². The van der Waals surface area contributed by atoms with Gasteiger partial charge in [-0.2, -0.15) is 0 Å². The number of halogens is 1. The van der Waals surface area contributed by atoms with Gasteiger partial charge < -0.3 is 11.6 Å². The summed E-state index contributed by atoms with van der Waals surface area (Å²) < 4.78 is 0. The van der Waals surface area contributed by atoms with Crippen LogP contribution < -0.4 is 5.30 Å². The van der Waals surface area contributed by atoms with E-state index in [9.17, 15) is 0 Å². The van der Waals surface area contributed by atoms with E-state index < -0.39 is 7.26 Å². The highest BCUT2D eigenvalue weighted by molar-refractivity contribution is 7.87. The molecule has 3 rings (SSSR count). The van der Waals surface area contributed by atoms with Crippen molar-refractivity contribution in [2.24, 2.45) is 0 Å². The van der Waals surface area contributed by atoms with Crippen LogP contribution in [0.2, 0.25) is 0 Å². The molecular weight excluding hydrogens is 331 g/mol. The van der Waals surface area contributed by atoms with Crippen LogP contribution in [0.1, 0.15) is 89.5 Å². The van der Waals surface area contributed by atoms with Crippen molar-refractivity contribution in [3.05, 3.63) is 35.5 Å². The number of rotatable bonds is 5. The zero-order valence-electron chi connectivity index (χ0n) is 15.5. The van der Waals surface area contributed by atoms with Gasteiger partial charge in [-0.1, -0.05) is 51.7 Å². The third-order valence-electron chi connectivity index (χ3n) is 6.53. The minimum Gasteiger partial charge on any atom is -0.304 e. The lowest BCUT2D eigenvalue weighted by atomic mass is 9.99. The first-order valence-electron chi connectivity index (χ1n) is 10.1. The van der Waals surface area contributed by atoms with Crippen LogP contribution in [-0.4, -0.2) is 11.3 Å². The summed E-state index contributed by atoms with van der Waals surface area (Å²) in [6.45, 7) is 4.57. The highest BCUT2D eigenvalue weighted by Crippen LogP contribution is 2.74. The maximum absolute atomic E-state index is 6.75. The van der Waals surface area contributed by atoms with E-state index in [1.807, 2.05) is 0 Å². The highest BCUT2D eigenvalue weighted by atomic mass is 35.5. The maximum Gasteiger partial charge on any atom is 0.0664 e. The summed E-state index contributed by atoms with van der Waals surface area (Å²) in [5.74, 6) is 0.608. The fourth-order valence-corrected chi connectivity index (χ4v) is 11.3. The monoisotopic (exact) mass is 364 g/mol. The Morgan fingerprint density at radius 3 is 1.67 bits per heavy atom. The van der Waals surface area contributed by atoms with Crippen LogP contribution in [0.5, 0.6) is 0 Å². The van der Waals surface area contributed by atoms with Crippen LogP contribution in [0.3, 0.4) is 0 Å². The molecule has 0 nitrogen and oxygen atoms in total. The van der Waals surface area contributed by atoms with Gasteiger partial charge in [0.15, 0.2) is 0 Å².